The third-order valence-corrected chi connectivity index (χ3v) is 8.20. The molecule has 2 N–H and O–H groups in total. The maximum absolute atomic E-state index is 15.6. The summed E-state index contributed by atoms with van der Waals surface area (Å²) in [4.78, 5) is 24.1. The number of alkyl halides is 2. The predicted octanol–water partition coefficient (Wildman–Crippen LogP) is 3.89. The second-order valence-corrected chi connectivity index (χ2v) is 10.6. The van der Waals surface area contributed by atoms with E-state index in [1.165, 1.54) is 24.6 Å². The average Bonchev–Trinajstić information content (AvgIpc) is 3.60. The molecule has 13 heteroatoms. The van der Waals surface area contributed by atoms with Crippen LogP contribution >= 0.6 is 22.9 Å². The van der Waals surface area contributed by atoms with Crippen molar-refractivity contribution in [1.29, 1.82) is 0 Å². The highest BCUT2D eigenvalue weighted by Crippen LogP contribution is 2.48. The van der Waals surface area contributed by atoms with Crippen LogP contribution in [-0.2, 0) is 20.2 Å². The summed E-state index contributed by atoms with van der Waals surface area (Å²) in [6.45, 7) is 1.92. The van der Waals surface area contributed by atoms with Crippen molar-refractivity contribution in [3.05, 3.63) is 79.7 Å². The van der Waals surface area contributed by atoms with Gasteiger partial charge >= 0.3 is 11.9 Å². The summed E-state index contributed by atoms with van der Waals surface area (Å²) in [7, 11) is 1.27. The highest BCUT2D eigenvalue weighted by Gasteiger charge is 2.56. The van der Waals surface area contributed by atoms with Gasteiger partial charge in [-0.15, -0.1) is 11.3 Å². The minimum absolute atomic E-state index is 0.0201. The second-order valence-electron chi connectivity index (χ2n) is 9.32. The van der Waals surface area contributed by atoms with Crippen molar-refractivity contribution in [3.63, 3.8) is 0 Å². The summed E-state index contributed by atoms with van der Waals surface area (Å²) in [6, 6.07) is 2.89. The number of esters is 1. The number of carbonyl (C=O) groups is 1. The molecule has 198 valence electrons. The number of aliphatic imine (C=N–C) groups is 1. The van der Waals surface area contributed by atoms with Crippen LogP contribution in [0.4, 0.5) is 8.78 Å². The van der Waals surface area contributed by atoms with Crippen molar-refractivity contribution in [1.82, 2.24) is 25.4 Å². The van der Waals surface area contributed by atoms with Crippen LogP contribution in [0.1, 0.15) is 39.5 Å². The van der Waals surface area contributed by atoms with E-state index in [9.17, 15) is 4.79 Å². The highest BCUT2D eigenvalue weighted by molar-refractivity contribution is 7.11. The summed E-state index contributed by atoms with van der Waals surface area (Å²) in [6.07, 6.45) is 3.05. The molecule has 9 nitrogen and oxygen atoms in total. The van der Waals surface area contributed by atoms with Gasteiger partial charge in [0.05, 0.1) is 38.1 Å². The Morgan fingerprint density at radius 3 is 2.92 bits per heavy atom. The number of H-pyrrole nitrogens is 1. The van der Waals surface area contributed by atoms with Crippen molar-refractivity contribution in [2.75, 3.05) is 26.9 Å². The molecule has 3 aliphatic rings. The number of aromatic amines is 1. The van der Waals surface area contributed by atoms with E-state index in [1.54, 1.807) is 22.5 Å². The summed E-state index contributed by atoms with van der Waals surface area (Å²) >= 11 is 8.00. The van der Waals surface area contributed by atoms with E-state index in [-0.39, 0.29) is 31.0 Å². The summed E-state index contributed by atoms with van der Waals surface area (Å²) in [5.41, 5.74) is 2.29. The van der Waals surface area contributed by atoms with Crippen LogP contribution in [0.5, 0.6) is 0 Å². The molecule has 0 aliphatic carbocycles. The van der Waals surface area contributed by atoms with Crippen LogP contribution in [0.15, 0.2) is 52.2 Å². The number of hydrogen-bond donors (Lipinski definition) is 2. The Morgan fingerprint density at radius 1 is 1.34 bits per heavy atom. The first kappa shape index (κ1) is 25.1. The third-order valence-electron chi connectivity index (χ3n) is 7.09. The first-order valence-corrected chi connectivity index (χ1v) is 13.1. The summed E-state index contributed by atoms with van der Waals surface area (Å²) in [5, 5.41) is 12.4. The van der Waals surface area contributed by atoms with E-state index >= 15 is 8.78 Å². The predicted molar refractivity (Wildman–Crippen MR) is 136 cm³/mol. The van der Waals surface area contributed by atoms with Gasteiger partial charge in [0.15, 0.2) is 10.8 Å². The number of thiazole rings is 1. The monoisotopic (exact) mass is 560 g/mol. The largest absolute Gasteiger partial charge is 0.466 e. The Balaban J connectivity index is 1.49. The molecule has 2 aromatic heterocycles. The Morgan fingerprint density at radius 2 is 2.18 bits per heavy atom. The van der Waals surface area contributed by atoms with E-state index in [0.717, 1.165) is 5.56 Å². The van der Waals surface area contributed by atoms with E-state index in [0.29, 0.717) is 32.7 Å². The molecular formula is C25H23ClF2N6O3S. The SMILES string of the molecule is COC(=O)C1=C(CN2C3COCC2C(F)(F)c2[nH]ncc23)NC(c2nccs2)=N[C@H]1c1ccc(C)cc1Cl. The molecular weight excluding hydrogens is 538 g/mol. The molecule has 1 saturated heterocycles. The number of aromatic nitrogens is 3. The summed E-state index contributed by atoms with van der Waals surface area (Å²) < 4.78 is 41.9. The number of fused-ring (bicyclic) bond motifs is 4. The van der Waals surface area contributed by atoms with Gasteiger partial charge in [-0.25, -0.2) is 9.78 Å². The number of hydrogen-bond acceptors (Lipinski definition) is 9. The molecule has 0 amide bonds. The molecule has 2 bridgehead atoms. The fourth-order valence-corrected chi connectivity index (χ4v) is 6.19. The van der Waals surface area contributed by atoms with Crippen molar-refractivity contribution in [2.45, 2.75) is 31.0 Å². The molecule has 3 aliphatic heterocycles. The maximum atomic E-state index is 15.6. The van der Waals surface area contributed by atoms with Crippen molar-refractivity contribution >= 4 is 34.7 Å². The highest BCUT2D eigenvalue weighted by atomic mass is 35.5. The Hall–Kier alpha value is -3.19. The lowest BCUT2D eigenvalue weighted by Crippen LogP contribution is -2.59. The van der Waals surface area contributed by atoms with Gasteiger partial charge in [-0.2, -0.15) is 13.9 Å². The van der Waals surface area contributed by atoms with Gasteiger partial charge in [-0.3, -0.25) is 15.0 Å². The number of halogens is 3. The lowest BCUT2D eigenvalue weighted by molar-refractivity contribution is -0.175. The number of benzene rings is 1. The van der Waals surface area contributed by atoms with E-state index in [4.69, 9.17) is 26.1 Å². The zero-order valence-electron chi connectivity index (χ0n) is 20.4. The molecule has 0 saturated carbocycles. The zero-order valence-corrected chi connectivity index (χ0v) is 21.9. The van der Waals surface area contributed by atoms with Gasteiger partial charge in [0.2, 0.25) is 0 Å². The van der Waals surface area contributed by atoms with Crippen LogP contribution < -0.4 is 5.32 Å². The third kappa shape index (κ3) is 4.03. The van der Waals surface area contributed by atoms with Gasteiger partial charge in [-0.05, 0) is 18.6 Å². The molecule has 0 spiro atoms. The number of carbonyl (C=O) groups excluding carboxylic acids is 1. The number of amidine groups is 1. The van der Waals surface area contributed by atoms with Crippen molar-refractivity contribution < 1.29 is 23.0 Å². The Bertz CT molecular complexity index is 1460. The second kappa shape index (κ2) is 9.53. The molecule has 3 aromatic rings. The average molecular weight is 561 g/mol. The lowest BCUT2D eigenvalue weighted by atomic mass is 9.88. The fourth-order valence-electron chi connectivity index (χ4n) is 5.26. The smallest absolute Gasteiger partial charge is 0.338 e. The molecule has 1 fully saturated rings. The molecule has 5 heterocycles. The van der Waals surface area contributed by atoms with Crippen LogP contribution in [0.25, 0.3) is 0 Å². The Kier molecular flexibility index (Phi) is 6.29. The van der Waals surface area contributed by atoms with Crippen molar-refractivity contribution in [3.8, 4) is 0 Å². The van der Waals surface area contributed by atoms with E-state index < -0.39 is 30.0 Å². The number of nitrogens with zero attached hydrogens (tertiary/aromatic N) is 4. The van der Waals surface area contributed by atoms with Crippen LogP contribution in [-0.4, -0.2) is 64.8 Å². The van der Waals surface area contributed by atoms with E-state index in [2.05, 4.69) is 20.5 Å². The lowest BCUT2D eigenvalue weighted by Gasteiger charge is -2.49. The van der Waals surface area contributed by atoms with Gasteiger partial charge in [0.25, 0.3) is 0 Å². The van der Waals surface area contributed by atoms with Crippen LogP contribution in [0.3, 0.4) is 0 Å². The number of aryl methyl sites for hydroxylation is 1. The Labute approximate surface area is 225 Å². The topological polar surface area (TPSA) is 105 Å². The molecule has 38 heavy (non-hydrogen) atoms. The van der Waals surface area contributed by atoms with Gasteiger partial charge in [0.1, 0.15) is 17.8 Å². The van der Waals surface area contributed by atoms with Gasteiger partial charge < -0.3 is 14.8 Å². The summed E-state index contributed by atoms with van der Waals surface area (Å²) in [5.74, 6) is -3.46. The quantitative estimate of drug-likeness (QED) is 0.456. The molecule has 0 radical (unpaired) electrons. The minimum Gasteiger partial charge on any atom is -0.466 e. The maximum Gasteiger partial charge on any atom is 0.338 e. The van der Waals surface area contributed by atoms with Gasteiger partial charge in [0, 0.05) is 40.0 Å². The van der Waals surface area contributed by atoms with Crippen LogP contribution in [0.2, 0.25) is 5.02 Å². The van der Waals surface area contributed by atoms with E-state index in [1.807, 2.05) is 19.1 Å². The normalized spacial score (nSPS) is 24.4. The molecule has 6 rings (SSSR count). The molecule has 3 atom stereocenters. The molecule has 1 aromatic carbocycles. The van der Waals surface area contributed by atoms with Crippen molar-refractivity contribution in [2.24, 2.45) is 4.99 Å². The van der Waals surface area contributed by atoms with Crippen LogP contribution in [0, 0.1) is 6.92 Å². The standard InChI is InChI=1S/C25H23ClF2N6O3S/c1-12-3-4-13(15(26)7-12)20-19(24(35)36-2)16(31-22(32-20)23-29-5-6-38-23)9-34-17-10-37-11-18(34)25(27,28)21-14(17)8-30-33-21/h3-8,17-18,20H,9-11H2,1-2H3,(H,30,33)(H,31,32)/t17?,18?,20-/m0/s1. The first-order chi connectivity index (χ1) is 18.3. The number of morpholine rings is 1. The first-order valence-electron chi connectivity index (χ1n) is 11.9. The molecule has 2 unspecified atom stereocenters. The number of rotatable bonds is 5. The number of nitrogens with one attached hydrogen (secondary N) is 2. The fraction of sp³-hybridized carbons (Fsp3) is 0.360. The van der Waals surface area contributed by atoms with Gasteiger partial charge in [-0.1, -0.05) is 23.7 Å². The number of methoxy groups -OCH3 is 1. The number of ether oxygens (including phenoxy) is 2. The zero-order chi connectivity index (χ0) is 26.6. The minimum atomic E-state index is -3.24.